The normalized spacial score (nSPS) is 31.3. The quantitative estimate of drug-likeness (QED) is 0.0740. The molecule has 6 fully saturated rings. The molecule has 12 atom stereocenters. The minimum absolute atomic E-state index is 0. The van der Waals surface area contributed by atoms with Crippen LogP contribution in [0.5, 0.6) is 0 Å². The third-order valence-corrected chi connectivity index (χ3v) is 19.0. The van der Waals surface area contributed by atoms with E-state index in [-0.39, 0.29) is 83.7 Å². The number of halogens is 1. The molecule has 0 bridgehead atoms. The first-order valence-corrected chi connectivity index (χ1v) is 24.9. The zero-order valence-electron chi connectivity index (χ0n) is 37.3. The van der Waals surface area contributed by atoms with Gasteiger partial charge in [-0.1, -0.05) is 99.2 Å². The van der Waals surface area contributed by atoms with Crippen LogP contribution in [0.15, 0.2) is 134 Å². The maximum absolute atomic E-state index is 11.9. The number of carbonyl (C=O) groups is 3. The van der Waals surface area contributed by atoms with Crippen molar-refractivity contribution in [2.75, 3.05) is 6.66 Å². The third kappa shape index (κ3) is 11.0. The Labute approximate surface area is 394 Å². The Bertz CT molecular complexity index is 1800. The molecular weight excluding hydrogens is 846 g/mol. The second-order valence-corrected chi connectivity index (χ2v) is 21.7. The fraction of sp³-hybridized carbons (Fsp3) is 0.463. The number of hydrogen-bond acceptors (Lipinski definition) is 5. The summed E-state index contributed by atoms with van der Waals surface area (Å²) in [5, 5.41) is 4.28. The first-order chi connectivity index (χ1) is 29.3. The molecule has 0 radical (unpaired) electrons. The van der Waals surface area contributed by atoms with Crippen LogP contribution in [0.4, 0.5) is 0 Å². The zero-order valence-corrected chi connectivity index (χ0v) is 39.8. The van der Waals surface area contributed by atoms with E-state index in [1.165, 1.54) is 60.9 Å². The largest absolute Gasteiger partial charge is 1.00 e. The van der Waals surface area contributed by atoms with E-state index in [4.69, 9.17) is 9.47 Å². The summed E-state index contributed by atoms with van der Waals surface area (Å²) in [6.45, 7) is 10.4. The molecule has 62 heavy (non-hydrogen) atoms. The average Bonchev–Trinajstić information content (AvgIpc) is 3.77. The van der Waals surface area contributed by atoms with Gasteiger partial charge in [-0.15, -0.1) is 6.58 Å². The maximum Gasteiger partial charge on any atom is 1.00 e. The van der Waals surface area contributed by atoms with Crippen LogP contribution in [-0.4, -0.2) is 37.1 Å². The fourth-order valence-electron chi connectivity index (χ4n) is 12.1. The molecule has 0 N–H and O–H groups in total. The number of benzene rings is 4. The van der Waals surface area contributed by atoms with Crippen LogP contribution in [0.25, 0.3) is 0 Å². The summed E-state index contributed by atoms with van der Waals surface area (Å²) in [6, 6.07) is 45.1. The van der Waals surface area contributed by atoms with Crippen molar-refractivity contribution in [1.29, 1.82) is 0 Å². The summed E-state index contributed by atoms with van der Waals surface area (Å²) in [7, 11) is -1.53. The van der Waals surface area contributed by atoms with Gasteiger partial charge in [0.15, 0.2) is 0 Å². The van der Waals surface area contributed by atoms with Crippen molar-refractivity contribution < 1.29 is 59.7 Å². The average molecular weight is 912 g/mol. The molecule has 2 heterocycles. The molecule has 4 aromatic rings. The van der Waals surface area contributed by atoms with Gasteiger partial charge >= 0.3 is 30.8 Å². The van der Waals surface area contributed by atoms with E-state index in [1.54, 1.807) is 0 Å². The van der Waals surface area contributed by atoms with E-state index >= 15 is 0 Å². The molecule has 4 aliphatic carbocycles. The number of allylic oxidation sites excluding steroid dienone is 1. The van der Waals surface area contributed by atoms with Crippen LogP contribution in [0.1, 0.15) is 78.1 Å². The van der Waals surface area contributed by atoms with Crippen molar-refractivity contribution in [2.24, 2.45) is 59.2 Å². The molecule has 4 aromatic carbocycles. The van der Waals surface area contributed by atoms with Gasteiger partial charge < -0.3 is 31.2 Å². The summed E-state index contributed by atoms with van der Waals surface area (Å²) in [5.74, 6) is 3.87. The van der Waals surface area contributed by atoms with Gasteiger partial charge in [0.1, 0.15) is 41.7 Å². The van der Waals surface area contributed by atoms with Gasteiger partial charge in [0, 0.05) is 17.8 Å². The number of esters is 2. The fourth-order valence-corrected chi connectivity index (χ4v) is 15.3. The predicted molar refractivity (Wildman–Crippen MR) is 245 cm³/mol. The summed E-state index contributed by atoms with van der Waals surface area (Å²) < 4.78 is 10.8. The summed E-state index contributed by atoms with van der Waals surface area (Å²) in [5.41, 5.74) is 0. The third-order valence-electron chi connectivity index (χ3n) is 15.0. The number of rotatable bonds is 5. The molecule has 2 aliphatic heterocycles. The van der Waals surface area contributed by atoms with Gasteiger partial charge in [-0.3, -0.25) is 9.59 Å². The molecule has 6 aliphatic rings. The molecule has 8 heteroatoms. The number of aldehydes is 1. The SMILES string of the molecule is C=C[C@H]1[C@@H]2CCCC[C@H]2C[C@H]2C(=O)O[C@H](C)[C@@H]12.C[C@H]1OC(=O)[C@@H]2C[C@@H]3CCCC[C@H]3[C@H](C=O)[C@H]12.C[P+](c1ccccc1)(c1ccccc1)c1ccccc1.[Br-].[Li+].[c-]1ccccc1. The Balaban J connectivity index is 0.000000162. The van der Waals surface area contributed by atoms with Gasteiger partial charge in [-0.25, -0.2) is 0 Å². The van der Waals surface area contributed by atoms with E-state index in [9.17, 15) is 14.4 Å². The second-order valence-electron chi connectivity index (χ2n) is 18.2. The molecule has 0 amide bonds. The van der Waals surface area contributed by atoms with Crippen molar-refractivity contribution in [1.82, 2.24) is 0 Å². The van der Waals surface area contributed by atoms with Gasteiger partial charge in [-0.05, 0) is 106 Å². The van der Waals surface area contributed by atoms with Crippen LogP contribution in [-0.2, 0) is 23.9 Å². The number of cyclic esters (lactones) is 2. The van der Waals surface area contributed by atoms with Crippen LogP contribution < -0.4 is 51.8 Å². The van der Waals surface area contributed by atoms with Crippen molar-refractivity contribution in [3.63, 3.8) is 0 Å². The molecule has 5 nitrogen and oxygen atoms in total. The Kier molecular flexibility index (Phi) is 18.9. The second kappa shape index (κ2) is 23.6. The Morgan fingerprint density at radius 3 is 1.32 bits per heavy atom. The Morgan fingerprint density at radius 1 is 0.597 bits per heavy atom. The van der Waals surface area contributed by atoms with Crippen LogP contribution in [0, 0.1) is 65.2 Å². The predicted octanol–water partition coefficient (Wildman–Crippen LogP) is 4.47. The van der Waals surface area contributed by atoms with Crippen molar-refractivity contribution in [3.05, 3.63) is 140 Å². The first kappa shape index (κ1) is 49.7. The van der Waals surface area contributed by atoms with Crippen LogP contribution in [0.2, 0.25) is 0 Å². The molecule has 10 rings (SSSR count). The standard InChI is InChI=1S/C19H18P.C15H22O2.C14H20O3.C6H5.BrH.Li/c1-20(17-11-5-2-6-12-17,18-13-7-3-8-14-18)19-15-9-4-10-16-19;1-3-11-12-7-5-4-6-10(12)8-13-14(11)9(2)17-15(13)16;1-8-13-11(14(16)17-8)6-9-4-2-3-5-10(9)12(13)7-15;1-2-4-6-5-3-1;;/h2-16H,1H3;3,9-14H,1,4-8H2,2H3;7-13H,2-6H2,1H3;1-5H;1H;/q+1;;;-1;;+1/p-1/t;9-,10+,11+,12-,13-,14+;8-,9+,10-,11-,12+,13-;;;/m.11.../s1. The van der Waals surface area contributed by atoms with Crippen molar-refractivity contribution in [2.45, 2.75) is 90.3 Å². The number of fused-ring (bicyclic) bond motifs is 4. The number of carbonyl (C=O) groups excluding carboxylic acids is 3. The Hall–Kier alpha value is -3.26. The minimum atomic E-state index is -1.53. The molecule has 0 aromatic heterocycles. The molecule has 0 spiro atoms. The summed E-state index contributed by atoms with van der Waals surface area (Å²) in [4.78, 5) is 35.2. The molecule has 4 saturated carbocycles. The van der Waals surface area contributed by atoms with E-state index < -0.39 is 7.26 Å². The van der Waals surface area contributed by atoms with E-state index in [2.05, 4.69) is 123 Å². The summed E-state index contributed by atoms with van der Waals surface area (Å²) >= 11 is 0. The first-order valence-electron chi connectivity index (χ1n) is 22.7. The minimum Gasteiger partial charge on any atom is -1.00 e. The van der Waals surface area contributed by atoms with Gasteiger partial charge in [-0.2, -0.15) is 36.4 Å². The number of ether oxygens (including phenoxy) is 2. The van der Waals surface area contributed by atoms with E-state index in [0.29, 0.717) is 23.7 Å². The zero-order chi connectivity index (χ0) is 42.1. The van der Waals surface area contributed by atoms with Crippen molar-refractivity contribution in [3.8, 4) is 0 Å². The van der Waals surface area contributed by atoms with Gasteiger partial charge in [0.2, 0.25) is 0 Å². The molecule has 2 saturated heterocycles. The van der Waals surface area contributed by atoms with Crippen molar-refractivity contribution >= 4 is 41.4 Å². The van der Waals surface area contributed by atoms with Gasteiger partial charge in [0.05, 0.1) is 18.5 Å². The van der Waals surface area contributed by atoms with E-state index in [0.717, 1.165) is 37.4 Å². The molecule has 0 unspecified atom stereocenters. The molecule has 324 valence electrons. The smallest absolute Gasteiger partial charge is 1.00 e. The summed E-state index contributed by atoms with van der Waals surface area (Å²) in [6.07, 6.45) is 15.5. The van der Waals surface area contributed by atoms with E-state index in [1.807, 2.05) is 37.3 Å². The van der Waals surface area contributed by atoms with Crippen LogP contribution >= 0.6 is 7.26 Å². The topological polar surface area (TPSA) is 69.7 Å². The Morgan fingerprint density at radius 2 is 0.968 bits per heavy atom. The van der Waals surface area contributed by atoms with Crippen LogP contribution in [0.3, 0.4) is 0 Å². The monoisotopic (exact) mass is 910 g/mol. The maximum atomic E-state index is 11.9. The molecular formula is C54H65BrLiO5P. The number of hydrogen-bond donors (Lipinski definition) is 0. The van der Waals surface area contributed by atoms with Gasteiger partial charge in [0.25, 0.3) is 0 Å².